The molecule has 1 aliphatic heterocycles. The lowest BCUT2D eigenvalue weighted by Gasteiger charge is -2.45. The molecule has 0 radical (unpaired) electrons. The second kappa shape index (κ2) is 6.94. The topological polar surface area (TPSA) is 117 Å². The maximum atomic E-state index is 10.5. The van der Waals surface area contributed by atoms with Gasteiger partial charge in [-0.2, -0.15) is 0 Å². The third-order valence-corrected chi connectivity index (χ3v) is 6.17. The summed E-state index contributed by atoms with van der Waals surface area (Å²) >= 11 is 0. The monoisotopic (exact) mass is 327 g/mol. The fraction of sp³-hybridized carbons (Fsp3) is 1.00. The van der Waals surface area contributed by atoms with Crippen molar-refractivity contribution in [3.63, 3.8) is 0 Å². The number of hydrogen-bond acceptors (Lipinski definition) is 6. The van der Waals surface area contributed by atoms with Gasteiger partial charge in [-0.05, 0) is 49.9 Å². The predicted octanol–water partition coefficient (Wildman–Crippen LogP) is 0.305. The molecule has 134 valence electrons. The molecule has 3 rings (SSSR count). The molecule has 0 bridgehead atoms. The van der Waals surface area contributed by atoms with Gasteiger partial charge >= 0.3 is 0 Å². The standard InChI is InChI=1S/C17H33N3O3/c1-8-7-12(19)16(15(21)9(8)2)23-17-11(18)5-6-13(22-17)14(20)10-3-4-10/h8-17,21H,3-7,18-20H2,1-2H3/t8-,9+,11-,12+,13+,14-,15-,16-,17-/m1/s1. The van der Waals surface area contributed by atoms with Crippen LogP contribution in [0, 0.1) is 17.8 Å². The van der Waals surface area contributed by atoms with E-state index in [-0.39, 0.29) is 30.1 Å². The van der Waals surface area contributed by atoms with Crippen molar-refractivity contribution in [2.45, 2.75) is 88.7 Å². The van der Waals surface area contributed by atoms with Crippen molar-refractivity contribution in [2.24, 2.45) is 35.0 Å². The molecule has 6 nitrogen and oxygen atoms in total. The van der Waals surface area contributed by atoms with E-state index in [9.17, 15) is 5.11 Å². The quantitative estimate of drug-likeness (QED) is 0.590. The van der Waals surface area contributed by atoms with Gasteiger partial charge in [0.05, 0.1) is 18.2 Å². The van der Waals surface area contributed by atoms with Crippen molar-refractivity contribution in [1.29, 1.82) is 0 Å². The fourth-order valence-electron chi connectivity index (χ4n) is 4.04. The van der Waals surface area contributed by atoms with E-state index in [1.807, 2.05) is 6.92 Å². The van der Waals surface area contributed by atoms with Crippen LogP contribution in [0.25, 0.3) is 0 Å². The van der Waals surface area contributed by atoms with Crippen molar-refractivity contribution in [3.05, 3.63) is 0 Å². The Morgan fingerprint density at radius 3 is 2.43 bits per heavy atom. The Labute approximate surface area is 139 Å². The van der Waals surface area contributed by atoms with Gasteiger partial charge in [-0.15, -0.1) is 0 Å². The second-order valence-corrected chi connectivity index (χ2v) is 8.03. The third-order valence-electron chi connectivity index (χ3n) is 6.17. The van der Waals surface area contributed by atoms with E-state index >= 15 is 0 Å². The Kier molecular flexibility index (Phi) is 5.30. The summed E-state index contributed by atoms with van der Waals surface area (Å²) in [7, 11) is 0. The maximum absolute atomic E-state index is 10.5. The summed E-state index contributed by atoms with van der Waals surface area (Å²) in [5.41, 5.74) is 18.7. The average Bonchev–Trinajstić information content (AvgIpc) is 3.35. The van der Waals surface area contributed by atoms with Crippen LogP contribution < -0.4 is 17.2 Å². The molecule has 0 spiro atoms. The minimum absolute atomic E-state index is 0.000560. The number of aliphatic hydroxyl groups is 1. The van der Waals surface area contributed by atoms with Gasteiger partial charge in [0.15, 0.2) is 6.29 Å². The first-order chi connectivity index (χ1) is 10.9. The highest BCUT2D eigenvalue weighted by Crippen LogP contribution is 2.37. The summed E-state index contributed by atoms with van der Waals surface area (Å²) in [6.45, 7) is 4.17. The van der Waals surface area contributed by atoms with Crippen molar-refractivity contribution in [3.8, 4) is 0 Å². The molecular formula is C17H33N3O3. The lowest BCUT2D eigenvalue weighted by Crippen LogP contribution is -2.59. The zero-order chi connectivity index (χ0) is 16.7. The molecule has 9 atom stereocenters. The van der Waals surface area contributed by atoms with Gasteiger partial charge in [-0.3, -0.25) is 0 Å². The van der Waals surface area contributed by atoms with Crippen LogP contribution in [-0.2, 0) is 9.47 Å². The van der Waals surface area contributed by atoms with E-state index in [4.69, 9.17) is 26.7 Å². The Bertz CT molecular complexity index is 407. The summed E-state index contributed by atoms with van der Waals surface area (Å²) in [6, 6.07) is -0.311. The molecule has 3 aliphatic rings. The average molecular weight is 327 g/mol. The van der Waals surface area contributed by atoms with E-state index in [1.54, 1.807) is 0 Å². The normalized spacial score (nSPS) is 49.8. The molecule has 6 heteroatoms. The number of hydrogen-bond donors (Lipinski definition) is 4. The molecular weight excluding hydrogens is 294 g/mol. The van der Waals surface area contributed by atoms with Crippen LogP contribution in [0.5, 0.6) is 0 Å². The van der Waals surface area contributed by atoms with Crippen molar-refractivity contribution < 1.29 is 14.6 Å². The lowest BCUT2D eigenvalue weighted by atomic mass is 9.75. The Balaban J connectivity index is 1.62. The molecule has 7 N–H and O–H groups in total. The van der Waals surface area contributed by atoms with E-state index in [0.29, 0.717) is 11.8 Å². The molecule has 2 saturated carbocycles. The fourth-order valence-corrected chi connectivity index (χ4v) is 4.04. The van der Waals surface area contributed by atoms with Gasteiger partial charge < -0.3 is 31.8 Å². The van der Waals surface area contributed by atoms with Gasteiger partial charge in [0, 0.05) is 12.1 Å². The van der Waals surface area contributed by atoms with Crippen LogP contribution in [-0.4, -0.2) is 47.8 Å². The minimum atomic E-state index is -0.581. The van der Waals surface area contributed by atoms with E-state index in [0.717, 1.165) is 19.3 Å². The molecule has 1 heterocycles. The van der Waals surface area contributed by atoms with Crippen LogP contribution >= 0.6 is 0 Å². The SMILES string of the molecule is C[C@@H]1[C@@H](O)[C@H](O[C@H]2O[C@H]([C@H](N)C3CC3)CC[C@H]2N)[C@@H](N)C[C@H]1C. The smallest absolute Gasteiger partial charge is 0.173 e. The first kappa shape index (κ1) is 17.6. The number of ether oxygens (including phenoxy) is 2. The number of nitrogens with two attached hydrogens (primary N) is 3. The Morgan fingerprint density at radius 1 is 1.09 bits per heavy atom. The lowest BCUT2D eigenvalue weighted by molar-refractivity contribution is -0.253. The summed E-state index contributed by atoms with van der Waals surface area (Å²) < 4.78 is 12.2. The zero-order valence-electron chi connectivity index (χ0n) is 14.3. The number of rotatable bonds is 4. The molecule has 0 aromatic rings. The van der Waals surface area contributed by atoms with Crippen molar-refractivity contribution in [1.82, 2.24) is 0 Å². The second-order valence-electron chi connectivity index (χ2n) is 8.03. The first-order valence-corrected chi connectivity index (χ1v) is 9.14. The largest absolute Gasteiger partial charge is 0.390 e. The van der Waals surface area contributed by atoms with E-state index in [2.05, 4.69) is 6.92 Å². The van der Waals surface area contributed by atoms with Crippen LogP contribution in [0.3, 0.4) is 0 Å². The van der Waals surface area contributed by atoms with E-state index in [1.165, 1.54) is 12.8 Å². The van der Waals surface area contributed by atoms with Gasteiger partial charge in [-0.25, -0.2) is 0 Å². The molecule has 3 fully saturated rings. The summed E-state index contributed by atoms with van der Waals surface area (Å²) in [4.78, 5) is 0. The number of aliphatic hydroxyl groups excluding tert-OH is 1. The minimum Gasteiger partial charge on any atom is -0.390 e. The van der Waals surface area contributed by atoms with Gasteiger partial charge in [0.25, 0.3) is 0 Å². The Hall–Kier alpha value is -0.240. The van der Waals surface area contributed by atoms with Crippen molar-refractivity contribution in [2.75, 3.05) is 0 Å². The molecule has 0 unspecified atom stereocenters. The maximum Gasteiger partial charge on any atom is 0.173 e. The molecule has 1 saturated heterocycles. The molecule has 2 aliphatic carbocycles. The van der Waals surface area contributed by atoms with Crippen LogP contribution in [0.1, 0.15) is 46.0 Å². The molecule has 0 amide bonds. The molecule has 23 heavy (non-hydrogen) atoms. The summed E-state index contributed by atoms with van der Waals surface area (Å²) in [5.74, 6) is 1.12. The highest BCUT2D eigenvalue weighted by Gasteiger charge is 2.44. The summed E-state index contributed by atoms with van der Waals surface area (Å²) in [6.07, 6.45) is 3.42. The van der Waals surface area contributed by atoms with Crippen LogP contribution in [0.4, 0.5) is 0 Å². The third kappa shape index (κ3) is 3.72. The van der Waals surface area contributed by atoms with Gasteiger partial charge in [0.2, 0.25) is 0 Å². The molecule has 0 aromatic carbocycles. The predicted molar refractivity (Wildman–Crippen MR) is 88.4 cm³/mol. The Morgan fingerprint density at radius 2 is 1.78 bits per heavy atom. The highest BCUT2D eigenvalue weighted by molar-refractivity contribution is 4.95. The van der Waals surface area contributed by atoms with Crippen molar-refractivity contribution >= 4 is 0 Å². The van der Waals surface area contributed by atoms with Crippen LogP contribution in [0.15, 0.2) is 0 Å². The summed E-state index contributed by atoms with van der Waals surface area (Å²) in [5, 5.41) is 10.5. The van der Waals surface area contributed by atoms with Gasteiger partial charge in [-0.1, -0.05) is 13.8 Å². The molecule has 0 aromatic heterocycles. The van der Waals surface area contributed by atoms with Gasteiger partial charge in [0.1, 0.15) is 6.10 Å². The van der Waals surface area contributed by atoms with E-state index < -0.39 is 18.5 Å². The van der Waals surface area contributed by atoms with Crippen LogP contribution in [0.2, 0.25) is 0 Å². The highest BCUT2D eigenvalue weighted by atomic mass is 16.7. The first-order valence-electron chi connectivity index (χ1n) is 9.14. The zero-order valence-corrected chi connectivity index (χ0v) is 14.3.